The molecule has 1 aliphatic carbocycles. The minimum absolute atomic E-state index is 0.250. The Labute approximate surface area is 94.2 Å². The van der Waals surface area contributed by atoms with E-state index in [1.807, 2.05) is 6.07 Å². The smallest absolute Gasteiger partial charge is 0.165 e. The predicted octanol–water partition coefficient (Wildman–Crippen LogP) is 3.71. The minimum Gasteiger partial charge on any atom is -0.494 e. The lowest BCUT2D eigenvalue weighted by molar-refractivity contribution is 0.386. The molecule has 0 saturated heterocycles. The van der Waals surface area contributed by atoms with E-state index in [1.54, 1.807) is 12.1 Å². The van der Waals surface area contributed by atoms with Gasteiger partial charge < -0.3 is 4.74 Å². The predicted molar refractivity (Wildman–Crippen MR) is 59.2 cm³/mol. The maximum absolute atomic E-state index is 13.4. The summed E-state index contributed by atoms with van der Waals surface area (Å²) in [6.45, 7) is 0. The second kappa shape index (κ2) is 4.40. The van der Waals surface area contributed by atoms with Crippen LogP contribution < -0.4 is 4.74 Å². The summed E-state index contributed by atoms with van der Waals surface area (Å²) in [4.78, 5) is 0. The second-order valence-corrected chi connectivity index (χ2v) is 4.62. The van der Waals surface area contributed by atoms with E-state index in [1.165, 1.54) is 7.11 Å². The molecule has 1 saturated carbocycles. The molecule has 1 nitrogen and oxygen atoms in total. The van der Waals surface area contributed by atoms with Gasteiger partial charge in [0, 0.05) is 5.38 Å². The van der Waals surface area contributed by atoms with E-state index >= 15 is 0 Å². The monoisotopic (exact) mass is 228 g/mol. The summed E-state index contributed by atoms with van der Waals surface area (Å²) in [5.74, 6) is 0.431. The molecule has 0 spiro atoms. The second-order valence-electron chi connectivity index (χ2n) is 4.00. The lowest BCUT2D eigenvalue weighted by Crippen LogP contribution is -1.96. The zero-order valence-electron chi connectivity index (χ0n) is 8.67. The van der Waals surface area contributed by atoms with Crippen LogP contribution in [0.2, 0.25) is 0 Å². The van der Waals surface area contributed by atoms with Crippen molar-refractivity contribution >= 4 is 11.6 Å². The molecule has 0 radical (unpaired) electrons. The van der Waals surface area contributed by atoms with Crippen molar-refractivity contribution in [1.29, 1.82) is 0 Å². The van der Waals surface area contributed by atoms with Crippen molar-refractivity contribution in [1.82, 2.24) is 0 Å². The first-order valence-electron chi connectivity index (χ1n) is 5.18. The van der Waals surface area contributed by atoms with E-state index in [9.17, 15) is 4.39 Å². The standard InChI is InChI=1S/C12H14ClFO/c1-15-12-5-3-9(7-11(12)14)8-2-4-10(13)6-8/h3,5,7-8,10H,2,4,6H2,1H3. The van der Waals surface area contributed by atoms with E-state index < -0.39 is 0 Å². The van der Waals surface area contributed by atoms with Crippen molar-refractivity contribution in [2.45, 2.75) is 30.6 Å². The van der Waals surface area contributed by atoms with Gasteiger partial charge in [-0.25, -0.2) is 4.39 Å². The van der Waals surface area contributed by atoms with Crippen LogP contribution >= 0.6 is 11.6 Å². The Bertz CT molecular complexity index is 353. The summed E-state index contributed by atoms with van der Waals surface area (Å²) in [5, 5.41) is 0.250. The molecule has 0 bridgehead atoms. The lowest BCUT2D eigenvalue weighted by Gasteiger charge is -2.11. The molecule has 0 amide bonds. The maximum atomic E-state index is 13.4. The maximum Gasteiger partial charge on any atom is 0.165 e. The molecule has 0 N–H and O–H groups in total. The normalized spacial score (nSPS) is 25.5. The summed E-state index contributed by atoms with van der Waals surface area (Å²) in [6.07, 6.45) is 3.03. The van der Waals surface area contributed by atoms with Crippen molar-refractivity contribution in [3.05, 3.63) is 29.6 Å². The largest absolute Gasteiger partial charge is 0.494 e. The van der Waals surface area contributed by atoms with E-state index in [0.717, 1.165) is 24.8 Å². The molecule has 0 aliphatic heterocycles. The lowest BCUT2D eigenvalue weighted by atomic mass is 9.97. The van der Waals surface area contributed by atoms with Gasteiger partial charge in [-0.2, -0.15) is 0 Å². The van der Waals surface area contributed by atoms with E-state index in [0.29, 0.717) is 11.7 Å². The fraction of sp³-hybridized carbons (Fsp3) is 0.500. The number of hydrogen-bond donors (Lipinski definition) is 0. The molecule has 1 aromatic carbocycles. The molecule has 1 aliphatic rings. The van der Waals surface area contributed by atoms with Gasteiger partial charge in [0.05, 0.1) is 7.11 Å². The van der Waals surface area contributed by atoms with Crippen LogP contribution in [0.3, 0.4) is 0 Å². The highest BCUT2D eigenvalue weighted by atomic mass is 35.5. The highest BCUT2D eigenvalue weighted by Crippen LogP contribution is 2.38. The van der Waals surface area contributed by atoms with Crippen molar-refractivity contribution in [3.63, 3.8) is 0 Å². The SMILES string of the molecule is COc1ccc(C2CCC(Cl)C2)cc1F. The third-order valence-electron chi connectivity index (χ3n) is 3.02. The van der Waals surface area contributed by atoms with Crippen LogP contribution in [-0.2, 0) is 0 Å². The van der Waals surface area contributed by atoms with Crippen LogP contribution in [0, 0.1) is 5.82 Å². The number of hydrogen-bond acceptors (Lipinski definition) is 1. The first-order chi connectivity index (χ1) is 7.20. The van der Waals surface area contributed by atoms with Crippen molar-refractivity contribution in [3.8, 4) is 5.75 Å². The average Bonchev–Trinajstić information content (AvgIpc) is 2.65. The average molecular weight is 229 g/mol. The number of rotatable bonds is 2. The van der Waals surface area contributed by atoms with E-state index in [-0.39, 0.29) is 11.2 Å². The molecule has 0 aromatic heterocycles. The molecule has 2 rings (SSSR count). The summed E-state index contributed by atoms with van der Waals surface area (Å²) < 4.78 is 18.3. The Kier molecular flexibility index (Phi) is 3.15. The van der Waals surface area contributed by atoms with Gasteiger partial charge in [0.25, 0.3) is 0 Å². The van der Waals surface area contributed by atoms with Crippen molar-refractivity contribution in [2.75, 3.05) is 7.11 Å². The fourth-order valence-electron chi connectivity index (χ4n) is 2.17. The van der Waals surface area contributed by atoms with Gasteiger partial charge >= 0.3 is 0 Å². The van der Waals surface area contributed by atoms with Crippen LogP contribution in [0.1, 0.15) is 30.7 Å². The van der Waals surface area contributed by atoms with Gasteiger partial charge in [-0.15, -0.1) is 11.6 Å². The van der Waals surface area contributed by atoms with Gasteiger partial charge in [-0.05, 0) is 42.9 Å². The Balaban J connectivity index is 2.19. The number of halogens is 2. The van der Waals surface area contributed by atoms with Crippen molar-refractivity contribution < 1.29 is 9.13 Å². The molecule has 2 atom stereocenters. The van der Waals surface area contributed by atoms with Crippen LogP contribution in [0.4, 0.5) is 4.39 Å². The molecule has 1 aromatic rings. The number of methoxy groups -OCH3 is 1. The minimum atomic E-state index is -0.284. The summed E-state index contributed by atoms with van der Waals surface area (Å²) >= 11 is 6.04. The zero-order valence-corrected chi connectivity index (χ0v) is 9.43. The van der Waals surface area contributed by atoms with Crippen molar-refractivity contribution in [2.24, 2.45) is 0 Å². The molecule has 2 unspecified atom stereocenters. The Morgan fingerprint density at radius 1 is 1.40 bits per heavy atom. The highest BCUT2D eigenvalue weighted by molar-refractivity contribution is 6.20. The molecule has 15 heavy (non-hydrogen) atoms. The quantitative estimate of drug-likeness (QED) is 0.702. The fourth-order valence-corrected chi connectivity index (χ4v) is 2.51. The first-order valence-corrected chi connectivity index (χ1v) is 5.62. The zero-order chi connectivity index (χ0) is 10.8. The molecular weight excluding hydrogens is 215 g/mol. The topological polar surface area (TPSA) is 9.23 Å². The van der Waals surface area contributed by atoms with Gasteiger partial charge in [0.2, 0.25) is 0 Å². The highest BCUT2D eigenvalue weighted by Gasteiger charge is 2.24. The van der Waals surface area contributed by atoms with Gasteiger partial charge in [0.1, 0.15) is 0 Å². The number of ether oxygens (including phenoxy) is 1. The third-order valence-corrected chi connectivity index (χ3v) is 3.41. The number of benzene rings is 1. The number of alkyl halides is 1. The van der Waals surface area contributed by atoms with Gasteiger partial charge in [-0.1, -0.05) is 6.07 Å². The van der Waals surface area contributed by atoms with Gasteiger partial charge in [-0.3, -0.25) is 0 Å². The summed E-state index contributed by atoms with van der Waals surface area (Å²) in [7, 11) is 1.47. The van der Waals surface area contributed by atoms with E-state index in [4.69, 9.17) is 16.3 Å². The van der Waals surface area contributed by atoms with E-state index in [2.05, 4.69) is 0 Å². The van der Waals surface area contributed by atoms with Crippen LogP contribution in [0.15, 0.2) is 18.2 Å². The summed E-state index contributed by atoms with van der Waals surface area (Å²) in [6, 6.07) is 5.19. The summed E-state index contributed by atoms with van der Waals surface area (Å²) in [5.41, 5.74) is 1.04. The first kappa shape index (κ1) is 10.7. The van der Waals surface area contributed by atoms with Crippen LogP contribution in [-0.4, -0.2) is 12.5 Å². The molecule has 0 heterocycles. The Morgan fingerprint density at radius 3 is 2.73 bits per heavy atom. The third kappa shape index (κ3) is 2.25. The van der Waals surface area contributed by atoms with Crippen LogP contribution in [0.25, 0.3) is 0 Å². The Morgan fingerprint density at radius 2 is 2.20 bits per heavy atom. The molecular formula is C12H14ClFO. The van der Waals surface area contributed by atoms with Crippen LogP contribution in [0.5, 0.6) is 5.75 Å². The Hall–Kier alpha value is -0.760. The molecule has 3 heteroatoms. The van der Waals surface area contributed by atoms with Gasteiger partial charge in [0.15, 0.2) is 11.6 Å². The molecule has 82 valence electrons. The molecule has 1 fully saturated rings.